The Morgan fingerprint density at radius 2 is 2.00 bits per heavy atom. The Hall–Kier alpha value is -4.63. The molecule has 0 spiro atoms. The lowest BCUT2D eigenvalue weighted by atomic mass is 10.0. The number of pyridine rings is 2. The van der Waals surface area contributed by atoms with Crippen molar-refractivity contribution in [1.82, 2.24) is 39.7 Å². The largest absolute Gasteiger partial charge is 0.411 e. The molecule has 3 N–H and O–H groups in total. The minimum atomic E-state index is -0.978. The van der Waals surface area contributed by atoms with E-state index in [0.29, 0.717) is 78.0 Å². The average molecular weight is 652 g/mol. The van der Waals surface area contributed by atoms with Crippen molar-refractivity contribution in [3.05, 3.63) is 86.5 Å². The van der Waals surface area contributed by atoms with Crippen molar-refractivity contribution in [3.63, 3.8) is 0 Å². The standard InChI is InChI=1S/C29H27Cl2N9O5/c1-43-8-9-44-7-6-16-10-18(14-33-28(16)45-29(32)42)25-26(31)36-27(35-25)23-5-3-20-11-17(12-24(41)40(20)23)21-13-19(30)2-4-22(21)39-15-34-37-38-39/h2,4,10-15,23H,3,5-9H2,1H3,(H2,32,42)(H,35,36)/t23-/m0/s1. The Morgan fingerprint density at radius 3 is 2.78 bits per heavy atom. The average Bonchev–Trinajstić information content (AvgIpc) is 3.78. The van der Waals surface area contributed by atoms with Gasteiger partial charge < -0.3 is 29.5 Å². The number of nitrogens with one attached hydrogen (secondary N) is 1. The zero-order valence-electron chi connectivity index (χ0n) is 23.9. The number of ether oxygens (including phenoxy) is 3. The molecule has 1 aromatic carbocycles. The first-order chi connectivity index (χ1) is 21.8. The topological polar surface area (TPSA) is 178 Å². The Kier molecular flexibility index (Phi) is 8.89. The van der Waals surface area contributed by atoms with Gasteiger partial charge in [-0.2, -0.15) is 4.68 Å². The second-order valence-electron chi connectivity index (χ2n) is 10.2. The highest BCUT2D eigenvalue weighted by Crippen LogP contribution is 2.36. The number of fused-ring (bicyclic) bond motifs is 1. The number of aromatic amines is 1. The van der Waals surface area contributed by atoms with E-state index in [1.165, 1.54) is 17.2 Å². The molecule has 1 atom stereocenters. The van der Waals surface area contributed by atoms with Crippen molar-refractivity contribution in [2.45, 2.75) is 25.3 Å². The van der Waals surface area contributed by atoms with Gasteiger partial charge in [-0.1, -0.05) is 23.2 Å². The highest BCUT2D eigenvalue weighted by molar-refractivity contribution is 6.32. The number of methoxy groups -OCH3 is 1. The molecule has 0 saturated carbocycles. The summed E-state index contributed by atoms with van der Waals surface area (Å²) < 4.78 is 18.9. The van der Waals surface area contributed by atoms with Gasteiger partial charge in [0.2, 0.25) is 5.88 Å². The zero-order valence-corrected chi connectivity index (χ0v) is 25.5. The summed E-state index contributed by atoms with van der Waals surface area (Å²) in [5.74, 6) is 0.607. The van der Waals surface area contributed by atoms with Gasteiger partial charge in [-0.15, -0.1) is 5.10 Å². The van der Waals surface area contributed by atoms with Gasteiger partial charge in [0, 0.05) is 53.2 Å². The van der Waals surface area contributed by atoms with Crippen molar-refractivity contribution in [1.29, 1.82) is 0 Å². The third-order valence-electron chi connectivity index (χ3n) is 7.35. The molecule has 1 aliphatic heterocycles. The number of carbonyl (C=O) groups is 1. The lowest BCUT2D eigenvalue weighted by Gasteiger charge is -2.15. The minimum absolute atomic E-state index is 0.0764. The van der Waals surface area contributed by atoms with E-state index in [1.54, 1.807) is 42.0 Å². The number of H-pyrrole nitrogens is 1. The van der Waals surface area contributed by atoms with Crippen molar-refractivity contribution in [2.24, 2.45) is 5.73 Å². The predicted octanol–water partition coefficient (Wildman–Crippen LogP) is 3.78. The number of hydrogen-bond donors (Lipinski definition) is 2. The van der Waals surface area contributed by atoms with Crippen molar-refractivity contribution in [2.75, 3.05) is 26.9 Å². The number of benzene rings is 1. The van der Waals surface area contributed by atoms with Crippen LogP contribution in [-0.2, 0) is 22.3 Å². The Labute approximate surface area is 266 Å². The van der Waals surface area contributed by atoms with Gasteiger partial charge in [0.15, 0.2) is 5.15 Å². The van der Waals surface area contributed by atoms with Crippen LogP contribution in [0, 0.1) is 0 Å². The molecule has 0 fully saturated rings. The fourth-order valence-corrected chi connectivity index (χ4v) is 5.79. The predicted molar refractivity (Wildman–Crippen MR) is 164 cm³/mol. The van der Waals surface area contributed by atoms with Crippen LogP contribution in [0.3, 0.4) is 0 Å². The lowest BCUT2D eigenvalue weighted by molar-refractivity contribution is 0.0720. The molecule has 232 valence electrons. The first kappa shape index (κ1) is 30.4. The molecule has 6 rings (SSSR count). The van der Waals surface area contributed by atoms with Crippen LogP contribution >= 0.6 is 23.2 Å². The number of rotatable bonds is 11. The van der Waals surface area contributed by atoms with E-state index in [0.717, 1.165) is 11.3 Å². The monoisotopic (exact) mass is 651 g/mol. The number of nitrogens with two attached hydrogens (primary N) is 1. The van der Waals surface area contributed by atoms with Crippen LogP contribution in [0.15, 0.2) is 53.7 Å². The normalized spacial score (nSPS) is 14.1. The van der Waals surface area contributed by atoms with Crippen molar-refractivity contribution < 1.29 is 19.0 Å². The van der Waals surface area contributed by atoms with Crippen LogP contribution in [0.1, 0.15) is 29.5 Å². The maximum absolute atomic E-state index is 13.6. The number of hydrogen-bond acceptors (Lipinski definition) is 10. The van der Waals surface area contributed by atoms with Crippen LogP contribution in [0.25, 0.3) is 28.1 Å². The molecule has 5 aromatic rings. The number of halogens is 2. The van der Waals surface area contributed by atoms with Gasteiger partial charge in [-0.25, -0.2) is 14.8 Å². The molecule has 5 heterocycles. The maximum Gasteiger partial charge on any atom is 0.411 e. The van der Waals surface area contributed by atoms with E-state index in [1.807, 2.05) is 6.07 Å². The first-order valence-electron chi connectivity index (χ1n) is 13.9. The van der Waals surface area contributed by atoms with Gasteiger partial charge in [-0.3, -0.25) is 4.79 Å². The molecule has 0 unspecified atom stereocenters. The molecule has 0 aliphatic carbocycles. The van der Waals surface area contributed by atoms with E-state index in [-0.39, 0.29) is 22.6 Å². The number of nitrogens with zero attached hydrogens (tertiary/aromatic N) is 7. The maximum atomic E-state index is 13.6. The van der Waals surface area contributed by atoms with Gasteiger partial charge in [0.25, 0.3) is 5.56 Å². The molecule has 4 aromatic heterocycles. The second kappa shape index (κ2) is 13.2. The summed E-state index contributed by atoms with van der Waals surface area (Å²) in [7, 11) is 1.59. The molecule has 0 radical (unpaired) electrons. The van der Waals surface area contributed by atoms with Gasteiger partial charge >= 0.3 is 6.09 Å². The van der Waals surface area contributed by atoms with E-state index in [9.17, 15) is 9.59 Å². The van der Waals surface area contributed by atoms with Gasteiger partial charge in [0.05, 0.1) is 37.2 Å². The molecule has 1 aliphatic rings. The number of aryl methyl sites for hydroxylation is 1. The third kappa shape index (κ3) is 6.44. The summed E-state index contributed by atoms with van der Waals surface area (Å²) in [5, 5.41) is 12.2. The molecule has 0 bridgehead atoms. The van der Waals surface area contributed by atoms with E-state index < -0.39 is 6.09 Å². The highest BCUT2D eigenvalue weighted by Gasteiger charge is 2.29. The smallest absolute Gasteiger partial charge is 0.391 e. The highest BCUT2D eigenvalue weighted by atomic mass is 35.5. The molecule has 0 saturated heterocycles. The first-order valence-corrected chi connectivity index (χ1v) is 14.7. The second-order valence-corrected chi connectivity index (χ2v) is 11.0. The van der Waals surface area contributed by atoms with E-state index >= 15 is 0 Å². The number of carbonyl (C=O) groups excluding carboxylic acids is 1. The summed E-state index contributed by atoms with van der Waals surface area (Å²) in [6.07, 6.45) is 3.66. The van der Waals surface area contributed by atoms with E-state index in [2.05, 4.69) is 30.5 Å². The fraction of sp³-hybridized carbons (Fsp3) is 0.276. The van der Waals surface area contributed by atoms with Gasteiger partial charge in [-0.05, 0) is 59.2 Å². The summed E-state index contributed by atoms with van der Waals surface area (Å²) >= 11 is 12.9. The molecular formula is C29H27Cl2N9O5. The third-order valence-corrected chi connectivity index (χ3v) is 7.86. The number of imidazole rings is 1. The van der Waals surface area contributed by atoms with E-state index in [4.69, 9.17) is 43.1 Å². The number of aromatic nitrogens is 8. The van der Waals surface area contributed by atoms with Crippen LogP contribution in [-0.4, -0.2) is 72.7 Å². The summed E-state index contributed by atoms with van der Waals surface area (Å²) in [5.41, 5.74) is 9.68. The van der Waals surface area contributed by atoms with Crippen LogP contribution < -0.4 is 16.0 Å². The minimum Gasteiger partial charge on any atom is -0.391 e. The summed E-state index contributed by atoms with van der Waals surface area (Å²) in [4.78, 5) is 37.2. The summed E-state index contributed by atoms with van der Waals surface area (Å²) in [6, 6.07) is 10.3. The molecule has 45 heavy (non-hydrogen) atoms. The zero-order chi connectivity index (χ0) is 31.5. The number of primary amides is 1. The number of tetrazole rings is 1. The lowest BCUT2D eigenvalue weighted by Crippen LogP contribution is -2.24. The Bertz CT molecular complexity index is 1910. The summed E-state index contributed by atoms with van der Waals surface area (Å²) in [6.45, 7) is 1.20. The fourth-order valence-electron chi connectivity index (χ4n) is 5.37. The number of amides is 1. The quantitative estimate of drug-likeness (QED) is 0.200. The molecule has 1 amide bonds. The van der Waals surface area contributed by atoms with Gasteiger partial charge in [0.1, 0.15) is 12.2 Å². The SMILES string of the molecule is COCCOCCc1cc(-c2[nH]c([C@@H]3CCc4cc(-c5cc(Cl)ccc5-n5cnnn5)cc(=O)n43)nc2Cl)cnc1OC(N)=O. The van der Waals surface area contributed by atoms with Crippen molar-refractivity contribution >= 4 is 29.3 Å². The molecular weight excluding hydrogens is 625 g/mol. The molecule has 16 heteroatoms. The Morgan fingerprint density at radius 1 is 1.13 bits per heavy atom. The molecule has 14 nitrogen and oxygen atoms in total. The Balaban J connectivity index is 1.30. The van der Waals surface area contributed by atoms with Crippen molar-refractivity contribution in [3.8, 4) is 34.0 Å². The van der Waals surface area contributed by atoms with Crippen LogP contribution in [0.5, 0.6) is 5.88 Å². The van der Waals surface area contributed by atoms with Crippen LogP contribution in [0.2, 0.25) is 10.2 Å². The van der Waals surface area contributed by atoms with Crippen LogP contribution in [0.4, 0.5) is 4.79 Å².